The van der Waals surface area contributed by atoms with Gasteiger partial charge in [0.25, 0.3) is 0 Å². The summed E-state index contributed by atoms with van der Waals surface area (Å²) in [6.07, 6.45) is 0. The first-order valence-electron chi connectivity index (χ1n) is 10.0. The molecule has 0 spiro atoms. The van der Waals surface area contributed by atoms with Crippen LogP contribution in [-0.2, 0) is 13.1 Å². The van der Waals surface area contributed by atoms with Crippen LogP contribution in [0.25, 0.3) is 0 Å². The maximum atomic E-state index is 8.92. The molecular formula is C23H30IN5O2. The molecule has 1 aliphatic heterocycles. The van der Waals surface area contributed by atoms with Crippen LogP contribution in [0.15, 0.2) is 47.5 Å². The third kappa shape index (κ3) is 6.74. The number of piperazine rings is 1. The second-order valence-corrected chi connectivity index (χ2v) is 7.15. The van der Waals surface area contributed by atoms with Crippen molar-refractivity contribution < 1.29 is 9.47 Å². The predicted molar refractivity (Wildman–Crippen MR) is 133 cm³/mol. The van der Waals surface area contributed by atoms with E-state index < -0.39 is 0 Å². The van der Waals surface area contributed by atoms with Gasteiger partial charge in [0.05, 0.1) is 25.9 Å². The molecule has 2 aromatic carbocycles. The molecule has 0 bridgehead atoms. The number of nitrogens with one attached hydrogen (secondary N) is 1. The Morgan fingerprint density at radius 1 is 1.06 bits per heavy atom. The Labute approximate surface area is 201 Å². The molecule has 166 valence electrons. The summed E-state index contributed by atoms with van der Waals surface area (Å²) in [5, 5.41) is 12.3. The smallest absolute Gasteiger partial charge is 0.194 e. The van der Waals surface area contributed by atoms with E-state index in [9.17, 15) is 0 Å². The molecule has 0 atom stereocenters. The van der Waals surface area contributed by atoms with E-state index >= 15 is 0 Å². The minimum absolute atomic E-state index is 0. The van der Waals surface area contributed by atoms with E-state index in [0.29, 0.717) is 12.1 Å². The van der Waals surface area contributed by atoms with E-state index in [4.69, 9.17) is 14.7 Å². The highest BCUT2D eigenvalue weighted by molar-refractivity contribution is 14.0. The van der Waals surface area contributed by atoms with Crippen LogP contribution in [0.3, 0.4) is 0 Å². The number of hydrogen-bond acceptors (Lipinski definition) is 5. The Bertz CT molecular complexity index is 903. The van der Waals surface area contributed by atoms with Crippen molar-refractivity contribution in [2.24, 2.45) is 4.99 Å². The molecule has 2 aromatic rings. The molecule has 0 aliphatic carbocycles. The fraction of sp³-hybridized carbons (Fsp3) is 0.391. The SMILES string of the molecule is CN=C(NCc1ccc(C#N)cc1)N1CCN(Cc2cc(OC)ccc2OC)CC1.I. The van der Waals surface area contributed by atoms with Crippen molar-refractivity contribution in [3.8, 4) is 17.6 Å². The molecule has 3 rings (SSSR count). The molecule has 1 fully saturated rings. The summed E-state index contributed by atoms with van der Waals surface area (Å²) >= 11 is 0. The average molecular weight is 535 g/mol. The van der Waals surface area contributed by atoms with Gasteiger partial charge in [-0.3, -0.25) is 9.89 Å². The Morgan fingerprint density at radius 2 is 1.77 bits per heavy atom. The van der Waals surface area contributed by atoms with Gasteiger partial charge in [0.2, 0.25) is 0 Å². The molecule has 1 aliphatic rings. The Balaban J connectivity index is 0.00000341. The van der Waals surface area contributed by atoms with Gasteiger partial charge in [-0.05, 0) is 35.9 Å². The summed E-state index contributed by atoms with van der Waals surface area (Å²) in [5.41, 5.74) is 2.93. The number of nitriles is 1. The second kappa shape index (κ2) is 12.4. The van der Waals surface area contributed by atoms with Gasteiger partial charge in [-0.25, -0.2) is 0 Å². The van der Waals surface area contributed by atoms with Crippen LogP contribution in [0, 0.1) is 11.3 Å². The van der Waals surface area contributed by atoms with Gasteiger partial charge in [0, 0.05) is 51.9 Å². The number of aliphatic imine (C=N–C) groups is 1. The van der Waals surface area contributed by atoms with Crippen molar-refractivity contribution in [1.82, 2.24) is 15.1 Å². The lowest BCUT2D eigenvalue weighted by Gasteiger charge is -2.36. The van der Waals surface area contributed by atoms with Crippen molar-refractivity contribution >= 4 is 29.9 Å². The van der Waals surface area contributed by atoms with E-state index in [2.05, 4.69) is 26.2 Å². The van der Waals surface area contributed by atoms with E-state index in [-0.39, 0.29) is 24.0 Å². The van der Waals surface area contributed by atoms with Crippen molar-refractivity contribution in [1.29, 1.82) is 5.26 Å². The van der Waals surface area contributed by atoms with Crippen LogP contribution >= 0.6 is 24.0 Å². The molecule has 8 heteroatoms. The number of halogens is 1. The quantitative estimate of drug-likeness (QED) is 0.349. The van der Waals surface area contributed by atoms with E-state index in [1.54, 1.807) is 14.2 Å². The van der Waals surface area contributed by atoms with Crippen molar-refractivity contribution in [3.63, 3.8) is 0 Å². The lowest BCUT2D eigenvalue weighted by molar-refractivity contribution is 0.171. The molecule has 0 saturated carbocycles. The number of methoxy groups -OCH3 is 2. The highest BCUT2D eigenvalue weighted by atomic mass is 127. The summed E-state index contributed by atoms with van der Waals surface area (Å²) in [6.45, 7) is 5.19. The highest BCUT2D eigenvalue weighted by Gasteiger charge is 2.20. The van der Waals surface area contributed by atoms with Gasteiger partial charge in [-0.2, -0.15) is 5.26 Å². The number of ether oxygens (including phenoxy) is 2. The Kier molecular flexibility index (Phi) is 9.88. The van der Waals surface area contributed by atoms with Crippen LogP contribution in [-0.4, -0.2) is 63.2 Å². The Morgan fingerprint density at radius 3 is 2.35 bits per heavy atom. The van der Waals surface area contributed by atoms with Gasteiger partial charge in [-0.1, -0.05) is 12.1 Å². The van der Waals surface area contributed by atoms with Gasteiger partial charge in [0.15, 0.2) is 5.96 Å². The largest absolute Gasteiger partial charge is 0.497 e. The summed E-state index contributed by atoms with van der Waals surface area (Å²) < 4.78 is 10.9. The second-order valence-electron chi connectivity index (χ2n) is 7.15. The summed E-state index contributed by atoms with van der Waals surface area (Å²) in [5.74, 6) is 2.63. The number of rotatable bonds is 6. The number of guanidine groups is 1. The minimum atomic E-state index is 0. The number of benzene rings is 2. The fourth-order valence-corrected chi connectivity index (χ4v) is 3.57. The van der Waals surface area contributed by atoms with Crippen molar-refractivity contribution in [2.45, 2.75) is 13.1 Å². The van der Waals surface area contributed by atoms with Crippen LogP contribution in [0.2, 0.25) is 0 Å². The van der Waals surface area contributed by atoms with Crippen molar-refractivity contribution in [2.75, 3.05) is 47.4 Å². The lowest BCUT2D eigenvalue weighted by Crippen LogP contribution is -2.52. The lowest BCUT2D eigenvalue weighted by atomic mass is 10.1. The number of hydrogen-bond donors (Lipinski definition) is 1. The van der Waals surface area contributed by atoms with E-state index in [1.165, 1.54) is 0 Å². The minimum Gasteiger partial charge on any atom is -0.497 e. The molecule has 1 N–H and O–H groups in total. The van der Waals surface area contributed by atoms with Crippen LogP contribution < -0.4 is 14.8 Å². The summed E-state index contributed by atoms with van der Waals surface area (Å²) in [6, 6.07) is 15.7. The van der Waals surface area contributed by atoms with E-state index in [1.807, 2.05) is 49.5 Å². The monoisotopic (exact) mass is 535 g/mol. The van der Waals surface area contributed by atoms with E-state index in [0.717, 1.165) is 61.3 Å². The van der Waals surface area contributed by atoms with Gasteiger partial charge >= 0.3 is 0 Å². The standard InChI is InChI=1S/C23H29N5O2.HI/c1-25-23(26-16-19-6-4-18(15-24)5-7-19)28-12-10-27(11-13-28)17-20-14-21(29-2)8-9-22(20)30-3;/h4-9,14H,10-13,16-17H2,1-3H3,(H,25,26);1H. The normalized spacial score (nSPS) is 14.4. The summed E-state index contributed by atoms with van der Waals surface area (Å²) in [7, 11) is 5.20. The molecule has 7 nitrogen and oxygen atoms in total. The van der Waals surface area contributed by atoms with Crippen LogP contribution in [0.4, 0.5) is 0 Å². The average Bonchev–Trinajstić information content (AvgIpc) is 2.80. The van der Waals surface area contributed by atoms with Crippen LogP contribution in [0.5, 0.6) is 11.5 Å². The highest BCUT2D eigenvalue weighted by Crippen LogP contribution is 2.25. The molecule has 1 saturated heterocycles. The zero-order chi connectivity index (χ0) is 21.3. The molecule has 31 heavy (non-hydrogen) atoms. The molecule has 0 aromatic heterocycles. The van der Waals surface area contributed by atoms with Crippen molar-refractivity contribution in [3.05, 3.63) is 59.2 Å². The van der Waals surface area contributed by atoms with Gasteiger partial charge in [-0.15, -0.1) is 24.0 Å². The first-order valence-corrected chi connectivity index (χ1v) is 10.0. The molecule has 0 unspecified atom stereocenters. The first kappa shape index (κ1) is 24.8. The third-order valence-corrected chi connectivity index (χ3v) is 5.30. The Hall–Kier alpha value is -2.51. The number of nitrogens with zero attached hydrogens (tertiary/aromatic N) is 4. The molecule has 0 radical (unpaired) electrons. The first-order chi connectivity index (χ1) is 14.7. The maximum absolute atomic E-state index is 8.92. The predicted octanol–water partition coefficient (Wildman–Crippen LogP) is 3.09. The molecule has 1 heterocycles. The zero-order valence-corrected chi connectivity index (χ0v) is 20.6. The zero-order valence-electron chi connectivity index (χ0n) is 18.3. The molecule has 0 amide bonds. The van der Waals surface area contributed by atoms with Gasteiger partial charge in [0.1, 0.15) is 11.5 Å². The molecular weight excluding hydrogens is 505 g/mol. The topological polar surface area (TPSA) is 73.1 Å². The maximum Gasteiger partial charge on any atom is 0.194 e. The fourth-order valence-electron chi connectivity index (χ4n) is 3.57. The van der Waals surface area contributed by atoms with Gasteiger partial charge < -0.3 is 19.7 Å². The van der Waals surface area contributed by atoms with Crippen LogP contribution in [0.1, 0.15) is 16.7 Å². The third-order valence-electron chi connectivity index (χ3n) is 5.30. The summed E-state index contributed by atoms with van der Waals surface area (Å²) in [4.78, 5) is 9.14.